The molecule has 0 fully saturated rings. The van der Waals surface area contributed by atoms with Crippen LogP contribution in [-0.2, 0) is 0 Å². The minimum absolute atomic E-state index is 0.872. The second-order valence-electron chi connectivity index (χ2n) is 4.85. The van der Waals surface area contributed by atoms with Crippen molar-refractivity contribution in [2.24, 2.45) is 11.8 Å². The van der Waals surface area contributed by atoms with Crippen LogP contribution >= 0.6 is 22.6 Å². The highest BCUT2D eigenvalue weighted by atomic mass is 127. The zero-order chi connectivity index (χ0) is 9.42. The zero-order valence-electron chi connectivity index (χ0n) is 8.65. The molecule has 0 saturated heterocycles. The predicted octanol–water partition coefficient (Wildman–Crippen LogP) is 4.34. The van der Waals surface area contributed by atoms with E-state index in [-0.39, 0.29) is 0 Å². The summed E-state index contributed by atoms with van der Waals surface area (Å²) >= 11 is 2.65. The molecule has 0 N–H and O–H groups in total. The van der Waals surface area contributed by atoms with E-state index >= 15 is 0 Å². The molecule has 0 nitrogen and oxygen atoms in total. The van der Waals surface area contributed by atoms with Gasteiger partial charge >= 0.3 is 0 Å². The van der Waals surface area contributed by atoms with E-state index in [2.05, 4.69) is 36.4 Å². The summed E-state index contributed by atoms with van der Waals surface area (Å²) < 4.78 is 0.872. The van der Waals surface area contributed by atoms with Crippen LogP contribution in [0.4, 0.5) is 0 Å². The largest absolute Gasteiger partial charge is 0.0778 e. The summed E-state index contributed by atoms with van der Waals surface area (Å²) in [6, 6.07) is 0. The highest BCUT2D eigenvalue weighted by Gasteiger charge is 2.29. The van der Waals surface area contributed by atoms with Gasteiger partial charge in [0.2, 0.25) is 0 Å². The molecule has 0 radical (unpaired) electrons. The fourth-order valence-electron chi connectivity index (χ4n) is 2.69. The molecule has 0 aromatic heterocycles. The Morgan fingerprint density at radius 3 is 2.62 bits per heavy atom. The second kappa shape index (κ2) is 3.92. The summed E-state index contributed by atoms with van der Waals surface area (Å²) in [6.07, 6.45) is 7.07. The summed E-state index contributed by atoms with van der Waals surface area (Å²) in [6.45, 7) is 4.84. The van der Waals surface area contributed by atoms with Crippen molar-refractivity contribution >= 4 is 22.6 Å². The van der Waals surface area contributed by atoms with Crippen LogP contribution in [0.2, 0.25) is 0 Å². The van der Waals surface area contributed by atoms with Gasteiger partial charge in [-0.25, -0.2) is 0 Å². The van der Waals surface area contributed by atoms with Crippen molar-refractivity contribution in [3.63, 3.8) is 0 Å². The van der Waals surface area contributed by atoms with Gasteiger partial charge in [0, 0.05) is 3.92 Å². The summed E-state index contributed by atoms with van der Waals surface area (Å²) in [5, 5.41) is 0. The number of alkyl halides is 1. The van der Waals surface area contributed by atoms with Crippen LogP contribution in [0.1, 0.15) is 46.0 Å². The van der Waals surface area contributed by atoms with E-state index in [1.807, 2.05) is 11.1 Å². The molecular formula is C12H19I. The van der Waals surface area contributed by atoms with Gasteiger partial charge in [0.1, 0.15) is 0 Å². The van der Waals surface area contributed by atoms with Crippen LogP contribution < -0.4 is 0 Å². The Labute approximate surface area is 95.3 Å². The van der Waals surface area contributed by atoms with Gasteiger partial charge in [-0.15, -0.1) is 0 Å². The van der Waals surface area contributed by atoms with Gasteiger partial charge in [-0.05, 0) is 43.9 Å². The van der Waals surface area contributed by atoms with Gasteiger partial charge < -0.3 is 0 Å². The Balaban J connectivity index is 2.21. The SMILES string of the molecule is CC1CC2=C(CC1C)C(I)CCC2. The molecule has 2 rings (SSSR count). The van der Waals surface area contributed by atoms with Gasteiger partial charge in [0.15, 0.2) is 0 Å². The average molecular weight is 290 g/mol. The lowest BCUT2D eigenvalue weighted by Gasteiger charge is -2.35. The first-order chi connectivity index (χ1) is 6.18. The van der Waals surface area contributed by atoms with E-state index in [4.69, 9.17) is 0 Å². The van der Waals surface area contributed by atoms with Gasteiger partial charge in [0.05, 0.1) is 0 Å². The molecule has 0 bridgehead atoms. The molecule has 2 aliphatic rings. The van der Waals surface area contributed by atoms with E-state index in [0.29, 0.717) is 0 Å². The maximum absolute atomic E-state index is 2.65. The van der Waals surface area contributed by atoms with Crippen LogP contribution in [0.25, 0.3) is 0 Å². The quantitative estimate of drug-likeness (QED) is 0.354. The molecule has 2 aliphatic carbocycles. The van der Waals surface area contributed by atoms with Gasteiger partial charge in [-0.2, -0.15) is 0 Å². The third-order valence-electron chi connectivity index (χ3n) is 3.85. The number of rotatable bonds is 0. The summed E-state index contributed by atoms with van der Waals surface area (Å²) in [5.74, 6) is 1.86. The van der Waals surface area contributed by atoms with Crippen molar-refractivity contribution in [2.45, 2.75) is 49.9 Å². The fraction of sp³-hybridized carbons (Fsp3) is 0.833. The Morgan fingerprint density at radius 1 is 1.15 bits per heavy atom. The van der Waals surface area contributed by atoms with Crippen LogP contribution in [0.15, 0.2) is 11.1 Å². The second-order valence-corrected chi connectivity index (χ2v) is 6.35. The van der Waals surface area contributed by atoms with Crippen LogP contribution in [0, 0.1) is 11.8 Å². The van der Waals surface area contributed by atoms with Gasteiger partial charge in [0.25, 0.3) is 0 Å². The van der Waals surface area contributed by atoms with Crippen molar-refractivity contribution in [3.05, 3.63) is 11.1 Å². The molecule has 0 aromatic carbocycles. The number of halogens is 1. The van der Waals surface area contributed by atoms with E-state index in [1.165, 1.54) is 32.1 Å². The third-order valence-corrected chi connectivity index (χ3v) is 5.22. The molecule has 3 atom stereocenters. The lowest BCUT2D eigenvalue weighted by Crippen LogP contribution is -2.23. The molecule has 3 unspecified atom stereocenters. The number of hydrogen-bond acceptors (Lipinski definition) is 0. The highest BCUT2D eigenvalue weighted by molar-refractivity contribution is 14.1. The summed E-state index contributed by atoms with van der Waals surface area (Å²) in [4.78, 5) is 0. The molecule has 0 saturated carbocycles. The molecular weight excluding hydrogens is 271 g/mol. The lowest BCUT2D eigenvalue weighted by molar-refractivity contribution is 0.342. The monoisotopic (exact) mass is 290 g/mol. The Bertz CT molecular complexity index is 229. The Morgan fingerprint density at radius 2 is 1.85 bits per heavy atom. The molecule has 74 valence electrons. The third kappa shape index (κ3) is 1.95. The van der Waals surface area contributed by atoms with E-state index < -0.39 is 0 Å². The summed E-state index contributed by atoms with van der Waals surface area (Å²) in [7, 11) is 0. The molecule has 1 heteroatoms. The van der Waals surface area contributed by atoms with Crippen molar-refractivity contribution in [3.8, 4) is 0 Å². The summed E-state index contributed by atoms with van der Waals surface area (Å²) in [5.41, 5.74) is 3.66. The zero-order valence-corrected chi connectivity index (χ0v) is 10.8. The first kappa shape index (κ1) is 10.0. The van der Waals surface area contributed by atoms with Crippen LogP contribution in [-0.4, -0.2) is 3.92 Å². The highest BCUT2D eigenvalue weighted by Crippen LogP contribution is 2.43. The number of allylic oxidation sites excluding steroid dienone is 2. The smallest absolute Gasteiger partial charge is 0.0321 e. The molecule has 0 aromatic rings. The minimum Gasteiger partial charge on any atom is -0.0778 e. The Hall–Kier alpha value is 0.470. The maximum Gasteiger partial charge on any atom is 0.0321 e. The van der Waals surface area contributed by atoms with Crippen molar-refractivity contribution in [1.82, 2.24) is 0 Å². The van der Waals surface area contributed by atoms with E-state index in [1.54, 1.807) is 0 Å². The van der Waals surface area contributed by atoms with Gasteiger partial charge in [-0.1, -0.05) is 47.6 Å². The molecule has 0 aliphatic heterocycles. The first-order valence-electron chi connectivity index (χ1n) is 5.53. The van der Waals surface area contributed by atoms with E-state index in [0.717, 1.165) is 15.8 Å². The Kier molecular flexibility index (Phi) is 3.01. The van der Waals surface area contributed by atoms with E-state index in [9.17, 15) is 0 Å². The number of hydrogen-bond donors (Lipinski definition) is 0. The molecule has 13 heavy (non-hydrogen) atoms. The standard InChI is InChI=1S/C12H19I/c1-8-6-10-4-3-5-12(13)11(10)7-9(8)2/h8-9,12H,3-7H2,1-2H3. The average Bonchev–Trinajstić information content (AvgIpc) is 2.09. The molecule has 0 heterocycles. The molecule has 0 spiro atoms. The fourth-order valence-corrected chi connectivity index (χ4v) is 3.83. The van der Waals surface area contributed by atoms with Gasteiger partial charge in [-0.3, -0.25) is 0 Å². The minimum atomic E-state index is 0.872. The molecule has 0 amide bonds. The van der Waals surface area contributed by atoms with Crippen LogP contribution in [0.5, 0.6) is 0 Å². The van der Waals surface area contributed by atoms with Crippen molar-refractivity contribution < 1.29 is 0 Å². The first-order valence-corrected chi connectivity index (χ1v) is 6.78. The van der Waals surface area contributed by atoms with Crippen LogP contribution in [0.3, 0.4) is 0 Å². The van der Waals surface area contributed by atoms with Crippen molar-refractivity contribution in [2.75, 3.05) is 0 Å². The lowest BCUT2D eigenvalue weighted by atomic mass is 9.73. The maximum atomic E-state index is 2.65. The van der Waals surface area contributed by atoms with Crippen molar-refractivity contribution in [1.29, 1.82) is 0 Å². The normalized spacial score (nSPS) is 40.4. The topological polar surface area (TPSA) is 0 Å². The predicted molar refractivity (Wildman–Crippen MR) is 66.2 cm³/mol.